The minimum absolute atomic E-state index is 0.204. The van der Waals surface area contributed by atoms with Crippen molar-refractivity contribution in [3.8, 4) is 0 Å². The molecule has 0 unspecified atom stereocenters. The van der Waals surface area contributed by atoms with Crippen molar-refractivity contribution in [3.63, 3.8) is 0 Å². The summed E-state index contributed by atoms with van der Waals surface area (Å²) in [4.78, 5) is 12.7. The van der Waals surface area contributed by atoms with Gasteiger partial charge in [-0.3, -0.25) is 4.79 Å². The lowest BCUT2D eigenvalue weighted by Gasteiger charge is -2.30. The van der Waals surface area contributed by atoms with Gasteiger partial charge in [0.15, 0.2) is 0 Å². The molecular formula is C20H23FN2O3S. The Bertz CT molecular complexity index is 905. The molecule has 1 aliphatic rings. The van der Waals surface area contributed by atoms with E-state index in [9.17, 15) is 17.6 Å². The molecule has 1 amide bonds. The first-order valence-electron chi connectivity index (χ1n) is 9.05. The van der Waals surface area contributed by atoms with E-state index in [4.69, 9.17) is 0 Å². The highest BCUT2D eigenvalue weighted by Crippen LogP contribution is 2.25. The summed E-state index contributed by atoms with van der Waals surface area (Å²) in [6.45, 7) is 2.60. The Balaban J connectivity index is 1.61. The zero-order chi connectivity index (χ0) is 19.4. The zero-order valence-electron chi connectivity index (χ0n) is 15.2. The molecule has 7 heteroatoms. The average Bonchev–Trinajstić information content (AvgIpc) is 2.68. The number of sulfonamides is 1. The largest absolute Gasteiger partial charge is 0.326 e. The molecule has 1 fully saturated rings. The number of hydrogen-bond donors (Lipinski definition) is 1. The summed E-state index contributed by atoms with van der Waals surface area (Å²) < 4.78 is 40.2. The SMILES string of the molecule is CCc1ccc(S(=O)(=O)N2CCC(C(=O)Nc3cccc(F)c3)CC2)cc1. The maximum Gasteiger partial charge on any atom is 0.243 e. The lowest BCUT2D eigenvalue weighted by molar-refractivity contribution is -0.120. The minimum atomic E-state index is -3.55. The van der Waals surface area contributed by atoms with Crippen LogP contribution in [-0.2, 0) is 21.2 Å². The van der Waals surface area contributed by atoms with E-state index in [2.05, 4.69) is 5.32 Å². The van der Waals surface area contributed by atoms with E-state index in [1.807, 2.05) is 19.1 Å². The van der Waals surface area contributed by atoms with Gasteiger partial charge in [-0.15, -0.1) is 0 Å². The topological polar surface area (TPSA) is 66.5 Å². The van der Waals surface area contributed by atoms with Gasteiger partial charge in [-0.25, -0.2) is 12.8 Å². The fraction of sp³-hybridized carbons (Fsp3) is 0.350. The molecule has 0 aromatic heterocycles. The molecule has 1 heterocycles. The first-order chi connectivity index (χ1) is 12.9. The van der Waals surface area contributed by atoms with Crippen LogP contribution in [-0.4, -0.2) is 31.7 Å². The van der Waals surface area contributed by atoms with Crippen molar-refractivity contribution in [1.29, 1.82) is 0 Å². The highest BCUT2D eigenvalue weighted by atomic mass is 32.2. The van der Waals surface area contributed by atoms with Gasteiger partial charge in [0.25, 0.3) is 0 Å². The Labute approximate surface area is 159 Å². The van der Waals surface area contributed by atoms with Crippen LogP contribution in [0.15, 0.2) is 53.4 Å². The average molecular weight is 390 g/mol. The maximum absolute atomic E-state index is 13.2. The Morgan fingerprint density at radius 1 is 1.15 bits per heavy atom. The summed E-state index contributed by atoms with van der Waals surface area (Å²) in [6, 6.07) is 12.7. The predicted octanol–water partition coefficient (Wildman–Crippen LogP) is 3.43. The number of nitrogens with zero attached hydrogens (tertiary/aromatic N) is 1. The molecule has 0 saturated carbocycles. The summed E-state index contributed by atoms with van der Waals surface area (Å²) in [5, 5.41) is 2.70. The van der Waals surface area contributed by atoms with Crippen LogP contribution in [0.4, 0.5) is 10.1 Å². The van der Waals surface area contributed by atoms with E-state index >= 15 is 0 Å². The maximum atomic E-state index is 13.2. The Morgan fingerprint density at radius 3 is 2.41 bits per heavy atom. The van der Waals surface area contributed by atoms with Crippen LogP contribution in [0.3, 0.4) is 0 Å². The van der Waals surface area contributed by atoms with Gasteiger partial charge in [-0.1, -0.05) is 25.1 Å². The fourth-order valence-corrected chi connectivity index (χ4v) is 4.68. The van der Waals surface area contributed by atoms with E-state index < -0.39 is 15.8 Å². The summed E-state index contributed by atoms with van der Waals surface area (Å²) in [6.07, 6.45) is 1.73. The van der Waals surface area contributed by atoms with Gasteiger partial charge in [-0.05, 0) is 55.2 Å². The van der Waals surface area contributed by atoms with Crippen LogP contribution in [0, 0.1) is 11.7 Å². The van der Waals surface area contributed by atoms with Gasteiger partial charge in [-0.2, -0.15) is 4.31 Å². The number of anilines is 1. The summed E-state index contributed by atoms with van der Waals surface area (Å²) in [5.41, 5.74) is 1.49. The highest BCUT2D eigenvalue weighted by molar-refractivity contribution is 7.89. The van der Waals surface area contributed by atoms with Gasteiger partial charge in [0.05, 0.1) is 4.90 Å². The Kier molecular flexibility index (Phi) is 5.92. The Hall–Kier alpha value is -2.25. The van der Waals surface area contributed by atoms with Crippen molar-refractivity contribution in [1.82, 2.24) is 4.31 Å². The second-order valence-electron chi connectivity index (χ2n) is 6.68. The molecule has 0 radical (unpaired) electrons. The molecule has 1 N–H and O–H groups in total. The zero-order valence-corrected chi connectivity index (χ0v) is 16.0. The third-order valence-electron chi connectivity index (χ3n) is 4.89. The van der Waals surface area contributed by atoms with Gasteiger partial charge in [0.1, 0.15) is 5.82 Å². The van der Waals surface area contributed by atoms with Gasteiger partial charge >= 0.3 is 0 Å². The molecule has 0 spiro atoms. The van der Waals surface area contributed by atoms with E-state index in [0.29, 0.717) is 31.6 Å². The number of carbonyl (C=O) groups is 1. The van der Waals surface area contributed by atoms with Crippen molar-refractivity contribution in [3.05, 3.63) is 59.9 Å². The molecule has 2 aromatic rings. The molecule has 1 saturated heterocycles. The number of rotatable bonds is 5. The Morgan fingerprint density at radius 2 is 1.81 bits per heavy atom. The van der Waals surface area contributed by atoms with Crippen LogP contribution in [0.5, 0.6) is 0 Å². The number of nitrogens with one attached hydrogen (secondary N) is 1. The first-order valence-corrected chi connectivity index (χ1v) is 10.5. The normalized spacial score (nSPS) is 16.2. The third kappa shape index (κ3) is 4.54. The number of benzene rings is 2. The van der Waals surface area contributed by atoms with Crippen molar-refractivity contribution in [2.24, 2.45) is 5.92 Å². The van der Waals surface area contributed by atoms with Gasteiger partial charge in [0.2, 0.25) is 15.9 Å². The number of hydrogen-bond acceptors (Lipinski definition) is 3. The van der Waals surface area contributed by atoms with Gasteiger partial charge in [0, 0.05) is 24.7 Å². The molecule has 144 valence electrons. The molecule has 0 atom stereocenters. The standard InChI is InChI=1S/C20H23FN2O3S/c1-2-15-6-8-19(9-7-15)27(25,26)23-12-10-16(11-13-23)20(24)22-18-5-3-4-17(21)14-18/h3-9,14,16H,2,10-13H2,1H3,(H,22,24). The lowest BCUT2D eigenvalue weighted by atomic mass is 9.97. The summed E-state index contributed by atoms with van der Waals surface area (Å²) >= 11 is 0. The molecule has 1 aliphatic heterocycles. The van der Waals surface area contributed by atoms with Crippen LogP contribution >= 0.6 is 0 Å². The molecular weight excluding hydrogens is 367 g/mol. The molecule has 3 rings (SSSR count). The van der Waals surface area contributed by atoms with Crippen LogP contribution in [0.25, 0.3) is 0 Å². The second-order valence-corrected chi connectivity index (χ2v) is 8.61. The fourth-order valence-electron chi connectivity index (χ4n) is 3.22. The number of carbonyl (C=O) groups excluding carboxylic acids is 1. The van der Waals surface area contributed by atoms with E-state index in [-0.39, 0.29) is 16.7 Å². The van der Waals surface area contributed by atoms with Crippen molar-refractivity contribution in [2.45, 2.75) is 31.1 Å². The molecule has 0 aliphatic carbocycles. The number of piperidine rings is 1. The van der Waals surface area contributed by atoms with Crippen LogP contribution in [0.1, 0.15) is 25.3 Å². The quantitative estimate of drug-likeness (QED) is 0.851. The van der Waals surface area contributed by atoms with Crippen molar-refractivity contribution in [2.75, 3.05) is 18.4 Å². The van der Waals surface area contributed by atoms with Crippen LogP contribution in [0.2, 0.25) is 0 Å². The van der Waals surface area contributed by atoms with Gasteiger partial charge < -0.3 is 5.32 Å². The second kappa shape index (κ2) is 8.19. The van der Waals surface area contributed by atoms with E-state index in [1.165, 1.54) is 22.5 Å². The highest BCUT2D eigenvalue weighted by Gasteiger charge is 2.32. The van der Waals surface area contributed by atoms with E-state index in [0.717, 1.165) is 12.0 Å². The number of amides is 1. The molecule has 5 nitrogen and oxygen atoms in total. The van der Waals surface area contributed by atoms with Crippen molar-refractivity contribution < 1.29 is 17.6 Å². The molecule has 2 aromatic carbocycles. The smallest absolute Gasteiger partial charge is 0.243 e. The van der Waals surface area contributed by atoms with E-state index in [1.54, 1.807) is 18.2 Å². The number of halogens is 1. The third-order valence-corrected chi connectivity index (χ3v) is 6.80. The summed E-state index contributed by atoms with van der Waals surface area (Å²) in [5.74, 6) is -0.907. The minimum Gasteiger partial charge on any atom is -0.326 e. The van der Waals surface area contributed by atoms with Crippen LogP contribution < -0.4 is 5.32 Å². The molecule has 0 bridgehead atoms. The summed E-state index contributed by atoms with van der Waals surface area (Å²) in [7, 11) is -3.55. The monoisotopic (exact) mass is 390 g/mol. The number of aryl methyl sites for hydroxylation is 1. The lowest BCUT2D eigenvalue weighted by Crippen LogP contribution is -2.41. The predicted molar refractivity (Wildman–Crippen MR) is 102 cm³/mol. The first kappa shape index (κ1) is 19.5. The molecule has 27 heavy (non-hydrogen) atoms. The van der Waals surface area contributed by atoms with Crippen molar-refractivity contribution >= 4 is 21.6 Å².